The predicted molar refractivity (Wildman–Crippen MR) is 32.4 cm³/mol. The lowest BCUT2D eigenvalue weighted by molar-refractivity contribution is -0.331. The van der Waals surface area contributed by atoms with Crippen molar-refractivity contribution in [1.82, 2.24) is 5.06 Å². The highest BCUT2D eigenvalue weighted by Gasteiger charge is 2.68. The molecule has 4 heteroatoms. The number of nitrogens with zero attached hydrogens (tertiary/aromatic N) is 1. The first-order valence-corrected chi connectivity index (χ1v) is 3.32. The van der Waals surface area contributed by atoms with E-state index < -0.39 is 0 Å². The summed E-state index contributed by atoms with van der Waals surface area (Å²) in [4.78, 5) is 15.1. The molecule has 0 aromatic heterocycles. The Morgan fingerprint density at radius 3 is 2.00 bits per heavy atom. The van der Waals surface area contributed by atoms with Gasteiger partial charge in [-0.05, 0) is 13.8 Å². The van der Waals surface area contributed by atoms with Crippen molar-refractivity contribution in [2.45, 2.75) is 31.7 Å². The number of fused-ring (bicyclic) bond motifs is 1. The van der Waals surface area contributed by atoms with Gasteiger partial charge in [-0.1, -0.05) is 0 Å². The van der Waals surface area contributed by atoms with Crippen LogP contribution in [0.3, 0.4) is 0 Å². The zero-order valence-electron chi connectivity index (χ0n) is 6.38. The summed E-state index contributed by atoms with van der Waals surface area (Å²) in [5, 5.41) is 1.72. The molecule has 0 N–H and O–H groups in total. The first-order chi connectivity index (χ1) is 4.61. The minimum atomic E-state index is -0.344. The lowest BCUT2D eigenvalue weighted by Gasteiger charge is -2.46. The molecule has 3 fully saturated rings. The number of hydroxylamine groups is 2. The summed E-state index contributed by atoms with van der Waals surface area (Å²) in [5.41, 5.74) is -0.688. The molecule has 0 spiro atoms. The molecule has 2 bridgehead atoms. The Morgan fingerprint density at radius 2 is 1.80 bits per heavy atom. The molecule has 58 valence electrons. The van der Waals surface area contributed by atoms with Crippen LogP contribution in [0.5, 0.6) is 0 Å². The molecule has 3 rings (SSSR count). The lowest BCUT2D eigenvalue weighted by Crippen LogP contribution is -2.64. The van der Waals surface area contributed by atoms with Gasteiger partial charge in [-0.15, -0.1) is 5.06 Å². The largest absolute Gasteiger partial charge is 0.297 e. The van der Waals surface area contributed by atoms with E-state index in [4.69, 9.17) is 14.6 Å². The van der Waals surface area contributed by atoms with E-state index in [-0.39, 0.29) is 11.4 Å². The summed E-state index contributed by atoms with van der Waals surface area (Å²) in [6.45, 7) is 3.87. The van der Waals surface area contributed by atoms with Crippen molar-refractivity contribution in [2.24, 2.45) is 0 Å². The van der Waals surface area contributed by atoms with E-state index in [1.165, 1.54) is 0 Å². The fraction of sp³-hybridized carbons (Fsp3) is 1.00. The summed E-state index contributed by atoms with van der Waals surface area (Å²) in [6.07, 6.45) is 0.869. The van der Waals surface area contributed by atoms with E-state index in [0.29, 0.717) is 0 Å². The second-order valence-corrected chi connectivity index (χ2v) is 3.17. The van der Waals surface area contributed by atoms with E-state index in [1.54, 1.807) is 12.2 Å². The van der Waals surface area contributed by atoms with Gasteiger partial charge in [0.1, 0.15) is 0 Å². The van der Waals surface area contributed by atoms with Gasteiger partial charge in [0.25, 0.3) is 0 Å². The molecule has 0 aromatic rings. The van der Waals surface area contributed by atoms with Crippen LogP contribution in [0, 0.1) is 0 Å². The summed E-state index contributed by atoms with van der Waals surface area (Å²) in [5.74, 6) is 0. The van der Waals surface area contributed by atoms with Gasteiger partial charge in [0.2, 0.25) is 0 Å². The summed E-state index contributed by atoms with van der Waals surface area (Å²) >= 11 is 0. The molecule has 0 aliphatic carbocycles. The highest BCUT2D eigenvalue weighted by Crippen LogP contribution is 2.53. The quantitative estimate of drug-likeness (QED) is 0.507. The summed E-state index contributed by atoms with van der Waals surface area (Å²) in [7, 11) is 1.62. The Labute approximate surface area is 59.5 Å². The molecule has 0 amide bonds. The molecule has 0 unspecified atom stereocenters. The molecular formula is C6H11NO3. The van der Waals surface area contributed by atoms with Crippen LogP contribution in [-0.2, 0) is 14.6 Å². The number of hydrogen-bond donors (Lipinski definition) is 0. The minimum absolute atomic E-state index is 0.344. The molecule has 4 nitrogen and oxygen atoms in total. The van der Waals surface area contributed by atoms with Crippen molar-refractivity contribution in [3.05, 3.63) is 0 Å². The normalized spacial score (nSPS) is 53.1. The number of hydrogen-bond acceptors (Lipinski definition) is 4. The van der Waals surface area contributed by atoms with Crippen molar-refractivity contribution in [2.75, 3.05) is 7.11 Å². The SMILES string of the molecule is CON1[C@@]2(C)C[C@]1(C)OO2. The highest BCUT2D eigenvalue weighted by atomic mass is 17.3. The molecule has 0 saturated carbocycles. The van der Waals surface area contributed by atoms with Gasteiger partial charge in [0, 0.05) is 6.42 Å². The van der Waals surface area contributed by atoms with Crippen molar-refractivity contribution >= 4 is 0 Å². The molecule has 0 aromatic carbocycles. The lowest BCUT2D eigenvalue weighted by atomic mass is 9.92. The van der Waals surface area contributed by atoms with Crippen LogP contribution in [0.1, 0.15) is 20.3 Å². The van der Waals surface area contributed by atoms with Gasteiger partial charge in [0.05, 0.1) is 7.11 Å². The van der Waals surface area contributed by atoms with Gasteiger partial charge >= 0.3 is 0 Å². The molecule has 3 saturated heterocycles. The van der Waals surface area contributed by atoms with Gasteiger partial charge < -0.3 is 0 Å². The zero-order chi connectivity index (χ0) is 7.41. The zero-order valence-corrected chi connectivity index (χ0v) is 6.38. The van der Waals surface area contributed by atoms with Crippen LogP contribution in [0.15, 0.2) is 0 Å². The average Bonchev–Trinajstić information content (AvgIpc) is 2.20. The Balaban J connectivity index is 2.22. The molecule has 0 radical (unpaired) electrons. The average molecular weight is 145 g/mol. The maximum Gasteiger partial charge on any atom is 0.183 e. The van der Waals surface area contributed by atoms with Crippen LogP contribution in [0.25, 0.3) is 0 Å². The predicted octanol–water partition coefficient (Wildman–Crippen LogP) is 0.648. The maximum absolute atomic E-state index is 5.06. The highest BCUT2D eigenvalue weighted by molar-refractivity contribution is 4.99. The topological polar surface area (TPSA) is 30.9 Å². The standard InChI is InChI=1S/C6H11NO3/c1-5-4-6(2,10-9-5)7(5)8-3/h4H2,1-3H3/t5-,6+. The third-order valence-corrected chi connectivity index (χ3v) is 2.10. The van der Waals surface area contributed by atoms with Crippen molar-refractivity contribution < 1.29 is 14.6 Å². The van der Waals surface area contributed by atoms with E-state index in [2.05, 4.69) is 0 Å². The smallest absolute Gasteiger partial charge is 0.183 e. The van der Waals surface area contributed by atoms with Gasteiger partial charge in [-0.25, -0.2) is 9.78 Å². The fourth-order valence-electron chi connectivity index (χ4n) is 1.85. The monoisotopic (exact) mass is 145 g/mol. The molecular weight excluding hydrogens is 134 g/mol. The Morgan fingerprint density at radius 1 is 1.30 bits per heavy atom. The summed E-state index contributed by atoms with van der Waals surface area (Å²) in [6, 6.07) is 0. The summed E-state index contributed by atoms with van der Waals surface area (Å²) < 4.78 is 0. The molecule has 10 heavy (non-hydrogen) atoms. The Bertz CT molecular complexity index is 158. The van der Waals surface area contributed by atoms with E-state index in [1.807, 2.05) is 13.8 Å². The molecule has 2 atom stereocenters. The van der Waals surface area contributed by atoms with E-state index in [9.17, 15) is 0 Å². The van der Waals surface area contributed by atoms with Crippen molar-refractivity contribution in [3.8, 4) is 0 Å². The molecule has 3 aliphatic heterocycles. The van der Waals surface area contributed by atoms with E-state index in [0.717, 1.165) is 6.42 Å². The van der Waals surface area contributed by atoms with Crippen molar-refractivity contribution in [3.63, 3.8) is 0 Å². The third-order valence-electron chi connectivity index (χ3n) is 2.10. The molecule has 3 aliphatic rings. The van der Waals surface area contributed by atoms with Gasteiger partial charge in [-0.3, -0.25) is 4.84 Å². The molecule has 3 heterocycles. The second kappa shape index (κ2) is 1.53. The first-order valence-electron chi connectivity index (χ1n) is 3.32. The van der Waals surface area contributed by atoms with Gasteiger partial charge in [-0.2, -0.15) is 0 Å². The van der Waals surface area contributed by atoms with Gasteiger partial charge in [0.15, 0.2) is 11.4 Å². The van der Waals surface area contributed by atoms with Crippen LogP contribution in [0.4, 0.5) is 0 Å². The van der Waals surface area contributed by atoms with Crippen LogP contribution in [-0.4, -0.2) is 23.6 Å². The Hall–Kier alpha value is -0.160. The second-order valence-electron chi connectivity index (χ2n) is 3.17. The first kappa shape index (κ1) is 6.54. The Kier molecular flexibility index (Phi) is 1.00. The maximum atomic E-state index is 5.06. The van der Waals surface area contributed by atoms with Crippen LogP contribution in [0.2, 0.25) is 0 Å². The third kappa shape index (κ3) is 0.509. The van der Waals surface area contributed by atoms with Crippen molar-refractivity contribution in [1.29, 1.82) is 0 Å². The fourth-order valence-corrected chi connectivity index (χ4v) is 1.85. The van der Waals surface area contributed by atoms with E-state index >= 15 is 0 Å². The minimum Gasteiger partial charge on any atom is -0.297 e. The number of rotatable bonds is 1. The van der Waals surface area contributed by atoms with Crippen LogP contribution < -0.4 is 0 Å². The van der Waals surface area contributed by atoms with Crippen LogP contribution >= 0.6 is 0 Å².